The third-order valence-corrected chi connectivity index (χ3v) is 1.87. The van der Waals surface area contributed by atoms with Crippen molar-refractivity contribution in [3.05, 3.63) is 23.8 Å². The number of carbonyl (C=O) groups excluding carboxylic acids is 1. The average molecular weight is 161 g/mol. The fourth-order valence-corrected chi connectivity index (χ4v) is 1.10. The van der Waals surface area contributed by atoms with Gasteiger partial charge in [-0.05, 0) is 19.8 Å². The Morgan fingerprint density at radius 2 is 2.42 bits per heavy atom. The van der Waals surface area contributed by atoms with E-state index in [1.165, 1.54) is 0 Å². The van der Waals surface area contributed by atoms with Crippen LogP contribution in [0.2, 0.25) is 0 Å². The van der Waals surface area contributed by atoms with Gasteiger partial charge >= 0.3 is 0 Å². The average Bonchev–Trinajstić information content (AvgIpc) is 2.17. The van der Waals surface area contributed by atoms with Gasteiger partial charge in [0.25, 0.3) is 0 Å². The Hall–Kier alpha value is -1.36. The van der Waals surface area contributed by atoms with E-state index in [1.807, 2.05) is 18.2 Å². The van der Waals surface area contributed by atoms with Gasteiger partial charge in [0.1, 0.15) is 5.92 Å². The highest BCUT2D eigenvalue weighted by molar-refractivity contribution is 6.00. The minimum atomic E-state index is -0.515. The van der Waals surface area contributed by atoms with Crippen LogP contribution in [0, 0.1) is 17.2 Å². The standard InChI is InChI=1S/C10H11NO/c1-8(7-11)10(12)9-5-3-2-4-6-9/h3,5-6,8H,2,4H2,1H3. The molecule has 1 rings (SSSR count). The summed E-state index contributed by atoms with van der Waals surface area (Å²) < 4.78 is 0. The number of nitrogens with zero attached hydrogens (tertiary/aromatic N) is 1. The van der Waals surface area contributed by atoms with Gasteiger partial charge in [0.2, 0.25) is 0 Å². The van der Waals surface area contributed by atoms with E-state index >= 15 is 0 Å². The molecular formula is C10H11NO. The van der Waals surface area contributed by atoms with Gasteiger partial charge in [0, 0.05) is 5.57 Å². The Morgan fingerprint density at radius 3 is 2.92 bits per heavy atom. The summed E-state index contributed by atoms with van der Waals surface area (Å²) in [5, 5.41) is 8.51. The quantitative estimate of drug-likeness (QED) is 0.621. The second-order valence-electron chi connectivity index (χ2n) is 2.85. The highest BCUT2D eigenvalue weighted by atomic mass is 16.1. The predicted octanol–water partition coefficient (Wildman–Crippen LogP) is 1.99. The van der Waals surface area contributed by atoms with Crippen molar-refractivity contribution in [2.45, 2.75) is 19.8 Å². The molecule has 0 saturated carbocycles. The van der Waals surface area contributed by atoms with Crippen molar-refractivity contribution >= 4 is 5.78 Å². The van der Waals surface area contributed by atoms with Crippen molar-refractivity contribution in [3.63, 3.8) is 0 Å². The number of allylic oxidation sites excluding steroid dienone is 4. The first kappa shape index (κ1) is 8.73. The molecule has 1 aliphatic carbocycles. The molecule has 62 valence electrons. The zero-order valence-corrected chi connectivity index (χ0v) is 7.08. The van der Waals surface area contributed by atoms with Crippen LogP contribution in [0.4, 0.5) is 0 Å². The van der Waals surface area contributed by atoms with Crippen molar-refractivity contribution < 1.29 is 4.79 Å². The monoisotopic (exact) mass is 161 g/mol. The number of rotatable bonds is 2. The van der Waals surface area contributed by atoms with E-state index in [9.17, 15) is 4.79 Å². The Bertz CT molecular complexity index is 281. The van der Waals surface area contributed by atoms with Crippen LogP contribution in [0.15, 0.2) is 23.8 Å². The number of carbonyl (C=O) groups is 1. The molecule has 0 fully saturated rings. The molecule has 12 heavy (non-hydrogen) atoms. The van der Waals surface area contributed by atoms with Crippen LogP contribution in [0.5, 0.6) is 0 Å². The summed E-state index contributed by atoms with van der Waals surface area (Å²) in [5.74, 6) is -0.576. The summed E-state index contributed by atoms with van der Waals surface area (Å²) in [5.41, 5.74) is 0.690. The van der Waals surface area contributed by atoms with Crippen LogP contribution < -0.4 is 0 Å². The lowest BCUT2D eigenvalue weighted by atomic mass is 9.96. The van der Waals surface area contributed by atoms with Crippen LogP contribution >= 0.6 is 0 Å². The van der Waals surface area contributed by atoms with Crippen LogP contribution in [0.1, 0.15) is 19.8 Å². The van der Waals surface area contributed by atoms with Crippen LogP contribution in [0.3, 0.4) is 0 Å². The fourth-order valence-electron chi connectivity index (χ4n) is 1.10. The first-order valence-corrected chi connectivity index (χ1v) is 4.06. The second kappa shape index (κ2) is 3.87. The van der Waals surface area contributed by atoms with Crippen LogP contribution in [-0.2, 0) is 4.79 Å². The highest BCUT2D eigenvalue weighted by Gasteiger charge is 2.15. The van der Waals surface area contributed by atoms with Gasteiger partial charge in [-0.2, -0.15) is 5.26 Å². The number of hydrogen-bond acceptors (Lipinski definition) is 2. The molecule has 0 aromatic carbocycles. The Balaban J connectivity index is 2.71. The van der Waals surface area contributed by atoms with Gasteiger partial charge in [-0.15, -0.1) is 0 Å². The lowest BCUT2D eigenvalue weighted by molar-refractivity contribution is -0.117. The molecule has 2 nitrogen and oxygen atoms in total. The molecule has 0 N–H and O–H groups in total. The molecule has 0 saturated heterocycles. The van der Waals surface area contributed by atoms with E-state index in [4.69, 9.17) is 5.26 Å². The third-order valence-electron chi connectivity index (χ3n) is 1.87. The van der Waals surface area contributed by atoms with E-state index in [2.05, 4.69) is 0 Å². The van der Waals surface area contributed by atoms with Crippen molar-refractivity contribution in [3.8, 4) is 6.07 Å². The lowest BCUT2D eigenvalue weighted by Gasteiger charge is -2.06. The molecule has 0 spiro atoms. The Morgan fingerprint density at radius 1 is 1.67 bits per heavy atom. The molecule has 1 unspecified atom stereocenters. The smallest absolute Gasteiger partial charge is 0.179 e. The Labute approximate surface area is 72.2 Å². The van der Waals surface area contributed by atoms with E-state index in [-0.39, 0.29) is 5.78 Å². The fraction of sp³-hybridized carbons (Fsp3) is 0.400. The van der Waals surface area contributed by atoms with Crippen LogP contribution in [-0.4, -0.2) is 5.78 Å². The number of nitriles is 1. The van der Waals surface area contributed by atoms with Crippen molar-refractivity contribution in [1.29, 1.82) is 5.26 Å². The summed E-state index contributed by atoms with van der Waals surface area (Å²) in [6.07, 6.45) is 7.58. The molecule has 0 heterocycles. The van der Waals surface area contributed by atoms with Gasteiger partial charge in [-0.3, -0.25) is 4.79 Å². The predicted molar refractivity (Wildman–Crippen MR) is 46.2 cm³/mol. The molecule has 0 radical (unpaired) electrons. The number of Topliss-reactive ketones (excluding diaryl/α,β-unsaturated/α-hetero) is 1. The maximum atomic E-state index is 11.4. The van der Waals surface area contributed by atoms with E-state index < -0.39 is 5.92 Å². The second-order valence-corrected chi connectivity index (χ2v) is 2.85. The highest BCUT2D eigenvalue weighted by Crippen LogP contribution is 2.14. The number of ketones is 1. The topological polar surface area (TPSA) is 40.9 Å². The molecule has 0 bridgehead atoms. The van der Waals surface area contributed by atoms with Crippen molar-refractivity contribution in [2.75, 3.05) is 0 Å². The minimum Gasteiger partial charge on any atom is -0.293 e. The third kappa shape index (κ3) is 1.82. The van der Waals surface area contributed by atoms with E-state index in [1.54, 1.807) is 13.0 Å². The molecule has 1 atom stereocenters. The van der Waals surface area contributed by atoms with Crippen LogP contribution in [0.25, 0.3) is 0 Å². The summed E-state index contributed by atoms with van der Waals surface area (Å²) in [6.45, 7) is 1.63. The molecule has 0 amide bonds. The molecule has 0 aliphatic heterocycles. The SMILES string of the molecule is CC(C#N)C(=O)C1=CCCC=C1. The lowest BCUT2D eigenvalue weighted by Crippen LogP contribution is -2.11. The van der Waals surface area contributed by atoms with Gasteiger partial charge < -0.3 is 0 Å². The molecule has 0 aromatic heterocycles. The van der Waals surface area contributed by atoms with E-state index in [0.717, 1.165) is 12.8 Å². The van der Waals surface area contributed by atoms with Gasteiger partial charge in [-0.25, -0.2) is 0 Å². The van der Waals surface area contributed by atoms with Crippen molar-refractivity contribution in [1.82, 2.24) is 0 Å². The largest absolute Gasteiger partial charge is 0.293 e. The Kier molecular flexibility index (Phi) is 2.82. The van der Waals surface area contributed by atoms with Crippen molar-refractivity contribution in [2.24, 2.45) is 5.92 Å². The number of hydrogen-bond donors (Lipinski definition) is 0. The normalized spacial score (nSPS) is 17.8. The molecule has 2 heteroatoms. The minimum absolute atomic E-state index is 0.0616. The first-order chi connectivity index (χ1) is 5.75. The van der Waals surface area contributed by atoms with Gasteiger partial charge in [0.05, 0.1) is 6.07 Å². The van der Waals surface area contributed by atoms with E-state index in [0.29, 0.717) is 5.57 Å². The molecular weight excluding hydrogens is 150 g/mol. The first-order valence-electron chi connectivity index (χ1n) is 4.06. The molecule has 0 aromatic rings. The van der Waals surface area contributed by atoms with Gasteiger partial charge in [0.15, 0.2) is 5.78 Å². The zero-order valence-electron chi connectivity index (χ0n) is 7.08. The summed E-state index contributed by atoms with van der Waals surface area (Å²) in [7, 11) is 0. The zero-order chi connectivity index (χ0) is 8.97. The van der Waals surface area contributed by atoms with Gasteiger partial charge in [-0.1, -0.05) is 18.2 Å². The molecule has 1 aliphatic rings. The maximum absolute atomic E-state index is 11.4. The summed E-state index contributed by atoms with van der Waals surface area (Å²) in [4.78, 5) is 11.4. The summed E-state index contributed by atoms with van der Waals surface area (Å²) >= 11 is 0. The maximum Gasteiger partial charge on any atom is 0.179 e. The summed E-state index contributed by atoms with van der Waals surface area (Å²) in [6, 6.07) is 1.94.